The average Bonchev–Trinajstić information content (AvgIpc) is 3.38. The van der Waals surface area contributed by atoms with Gasteiger partial charge in [0.1, 0.15) is 30.0 Å². The zero-order chi connectivity index (χ0) is 29.4. The molecule has 1 aromatic heterocycles. The molecule has 0 radical (unpaired) electrons. The molecule has 4 rings (SSSR count). The van der Waals surface area contributed by atoms with E-state index in [1.54, 1.807) is 24.3 Å². The van der Waals surface area contributed by atoms with Crippen molar-refractivity contribution in [3.8, 4) is 17.1 Å². The van der Waals surface area contributed by atoms with Gasteiger partial charge in [-0.25, -0.2) is 0 Å². The van der Waals surface area contributed by atoms with Gasteiger partial charge < -0.3 is 24.3 Å². The molecule has 2 N–H and O–H groups in total. The number of benzene rings is 2. The van der Waals surface area contributed by atoms with Crippen molar-refractivity contribution < 1.29 is 41.8 Å². The number of rotatable bonds is 12. The Morgan fingerprint density at radius 1 is 1.05 bits per heavy atom. The highest BCUT2D eigenvalue weighted by atomic mass is 19.4. The van der Waals surface area contributed by atoms with Gasteiger partial charge in [-0.1, -0.05) is 31.4 Å². The van der Waals surface area contributed by atoms with Crippen LogP contribution in [0.25, 0.3) is 11.3 Å². The minimum atomic E-state index is -4.43. The van der Waals surface area contributed by atoms with Crippen molar-refractivity contribution in [2.45, 2.75) is 64.3 Å². The number of amides is 1. The first kappa shape index (κ1) is 30.2. The van der Waals surface area contributed by atoms with Gasteiger partial charge in [-0.2, -0.15) is 13.2 Å². The van der Waals surface area contributed by atoms with Gasteiger partial charge in [-0.15, -0.1) is 0 Å². The Bertz CT molecular complexity index is 1290. The topological polar surface area (TPSA) is 98.0 Å². The summed E-state index contributed by atoms with van der Waals surface area (Å²) in [7, 11) is 0. The second-order valence-corrected chi connectivity index (χ2v) is 10.1. The van der Waals surface area contributed by atoms with Crippen LogP contribution in [0.1, 0.15) is 78.8 Å². The maximum Gasteiger partial charge on any atom is 0.416 e. The summed E-state index contributed by atoms with van der Waals surface area (Å²) in [6.07, 6.45) is 0.166. The number of carboxylic acid groups (broad SMARTS) is 1. The molecule has 1 atom stereocenters. The molecule has 1 fully saturated rings. The summed E-state index contributed by atoms with van der Waals surface area (Å²) in [6.45, 7) is 2.55. The number of hydrogen-bond donors (Lipinski definition) is 2. The lowest BCUT2D eigenvalue weighted by Crippen LogP contribution is -2.26. The number of nitrogens with one attached hydrogen (secondary N) is 1. The van der Waals surface area contributed by atoms with E-state index in [0.29, 0.717) is 35.0 Å². The SMILES string of the molecule is CCOCc1oc(-c2ccc(C(F)(F)F)cc2)cc1C(Oc1ccc(C(=O)NCCC(=O)O)cc1)C1CCCCC1. The molecule has 3 aromatic rings. The van der Waals surface area contributed by atoms with E-state index in [9.17, 15) is 22.8 Å². The van der Waals surface area contributed by atoms with E-state index in [0.717, 1.165) is 49.8 Å². The van der Waals surface area contributed by atoms with Crippen LogP contribution < -0.4 is 10.1 Å². The third-order valence-corrected chi connectivity index (χ3v) is 7.16. The number of ether oxygens (including phenoxy) is 2. The van der Waals surface area contributed by atoms with Gasteiger partial charge in [0.2, 0.25) is 0 Å². The van der Waals surface area contributed by atoms with E-state index < -0.39 is 23.8 Å². The Morgan fingerprint density at radius 3 is 2.34 bits per heavy atom. The lowest BCUT2D eigenvalue weighted by molar-refractivity contribution is -0.138. The molecule has 1 unspecified atom stereocenters. The Kier molecular flexibility index (Phi) is 10.1. The molecule has 220 valence electrons. The van der Waals surface area contributed by atoms with Gasteiger partial charge in [0.25, 0.3) is 5.91 Å². The summed E-state index contributed by atoms with van der Waals surface area (Å²) in [5.41, 5.74) is 0.949. The summed E-state index contributed by atoms with van der Waals surface area (Å²) in [6, 6.07) is 13.3. The van der Waals surface area contributed by atoms with Gasteiger partial charge in [0.05, 0.1) is 12.0 Å². The highest BCUT2D eigenvalue weighted by molar-refractivity contribution is 5.94. The fourth-order valence-corrected chi connectivity index (χ4v) is 5.02. The fraction of sp³-hybridized carbons (Fsp3) is 0.419. The summed E-state index contributed by atoms with van der Waals surface area (Å²) in [5.74, 6) is 0.348. The number of hydrogen-bond acceptors (Lipinski definition) is 5. The fourth-order valence-electron chi connectivity index (χ4n) is 5.02. The molecule has 41 heavy (non-hydrogen) atoms. The van der Waals surface area contributed by atoms with Crippen LogP contribution in [0.3, 0.4) is 0 Å². The molecule has 1 aliphatic carbocycles. The number of alkyl halides is 3. The van der Waals surface area contributed by atoms with Crippen molar-refractivity contribution in [2.75, 3.05) is 13.2 Å². The van der Waals surface area contributed by atoms with E-state index in [2.05, 4.69) is 5.32 Å². The van der Waals surface area contributed by atoms with E-state index in [1.807, 2.05) is 13.0 Å². The molecule has 0 aliphatic heterocycles. The number of halogens is 3. The van der Waals surface area contributed by atoms with Gasteiger partial charge >= 0.3 is 12.1 Å². The highest BCUT2D eigenvalue weighted by Crippen LogP contribution is 2.42. The summed E-state index contributed by atoms with van der Waals surface area (Å²) >= 11 is 0. The van der Waals surface area contributed by atoms with Crippen molar-refractivity contribution >= 4 is 11.9 Å². The standard InChI is InChI=1S/C31H34F3NO6/c1-2-39-19-27-25(18-26(41-27)20-8-12-23(13-9-20)31(32,33)34)29(21-6-4-3-5-7-21)40-24-14-10-22(11-15-24)30(38)35-17-16-28(36)37/h8-15,18,21,29H,2-7,16-17,19H2,1H3,(H,35,38)(H,36,37). The highest BCUT2D eigenvalue weighted by Gasteiger charge is 2.33. The van der Waals surface area contributed by atoms with Gasteiger partial charge in [0.15, 0.2) is 0 Å². The largest absolute Gasteiger partial charge is 0.485 e. The van der Waals surface area contributed by atoms with Crippen LogP contribution in [0.15, 0.2) is 59.0 Å². The number of carbonyl (C=O) groups is 2. The summed E-state index contributed by atoms with van der Waals surface area (Å²) in [4.78, 5) is 23.1. The van der Waals surface area contributed by atoms with Crippen LogP contribution in [-0.4, -0.2) is 30.1 Å². The van der Waals surface area contributed by atoms with Crippen LogP contribution in [0, 0.1) is 5.92 Å². The first-order valence-electron chi connectivity index (χ1n) is 13.8. The number of carbonyl (C=O) groups excluding carboxylic acids is 1. The Morgan fingerprint density at radius 2 is 1.73 bits per heavy atom. The normalized spacial score (nSPS) is 14.9. The quantitative estimate of drug-likeness (QED) is 0.234. The predicted octanol–water partition coefficient (Wildman–Crippen LogP) is 7.41. The first-order valence-corrected chi connectivity index (χ1v) is 13.8. The Labute approximate surface area is 236 Å². The lowest BCUT2D eigenvalue weighted by atomic mass is 9.82. The number of furan rings is 1. The maximum absolute atomic E-state index is 13.1. The van der Waals surface area contributed by atoms with Crippen molar-refractivity contribution in [1.82, 2.24) is 5.32 Å². The molecule has 1 amide bonds. The molecule has 1 aliphatic rings. The second-order valence-electron chi connectivity index (χ2n) is 10.1. The minimum absolute atomic E-state index is 0.0283. The van der Waals surface area contributed by atoms with E-state index in [4.69, 9.17) is 19.0 Å². The first-order chi connectivity index (χ1) is 19.7. The molecule has 0 bridgehead atoms. The molecular formula is C31H34F3NO6. The van der Waals surface area contributed by atoms with Gasteiger partial charge in [-0.3, -0.25) is 9.59 Å². The Hall–Kier alpha value is -3.79. The van der Waals surface area contributed by atoms with E-state index in [1.165, 1.54) is 12.1 Å². The smallest absolute Gasteiger partial charge is 0.416 e. The van der Waals surface area contributed by atoms with Crippen molar-refractivity contribution in [1.29, 1.82) is 0 Å². The van der Waals surface area contributed by atoms with E-state index in [-0.39, 0.29) is 31.4 Å². The third kappa shape index (κ3) is 8.13. The molecular weight excluding hydrogens is 539 g/mol. The Balaban J connectivity index is 1.61. The van der Waals surface area contributed by atoms with Crippen LogP contribution >= 0.6 is 0 Å². The molecule has 1 saturated carbocycles. The number of aliphatic carboxylic acids is 1. The molecule has 0 saturated heterocycles. The zero-order valence-corrected chi connectivity index (χ0v) is 22.8. The maximum atomic E-state index is 13.1. The zero-order valence-electron chi connectivity index (χ0n) is 22.8. The van der Waals surface area contributed by atoms with Crippen LogP contribution in [0.4, 0.5) is 13.2 Å². The third-order valence-electron chi connectivity index (χ3n) is 7.16. The molecule has 10 heteroatoms. The van der Waals surface area contributed by atoms with Gasteiger partial charge in [-0.05, 0) is 62.2 Å². The lowest BCUT2D eigenvalue weighted by Gasteiger charge is -2.31. The number of carboxylic acids is 1. The monoisotopic (exact) mass is 573 g/mol. The summed E-state index contributed by atoms with van der Waals surface area (Å²) < 4.78 is 57.7. The average molecular weight is 574 g/mol. The molecule has 0 spiro atoms. The van der Waals surface area contributed by atoms with Crippen molar-refractivity contribution in [2.24, 2.45) is 5.92 Å². The van der Waals surface area contributed by atoms with Crippen LogP contribution in [-0.2, 0) is 22.3 Å². The predicted molar refractivity (Wildman–Crippen MR) is 145 cm³/mol. The second kappa shape index (κ2) is 13.7. The van der Waals surface area contributed by atoms with Gasteiger partial charge in [0, 0.05) is 35.8 Å². The van der Waals surface area contributed by atoms with Crippen LogP contribution in [0.2, 0.25) is 0 Å². The van der Waals surface area contributed by atoms with Crippen molar-refractivity contribution in [3.05, 3.63) is 77.0 Å². The molecule has 2 aromatic carbocycles. The van der Waals surface area contributed by atoms with Crippen LogP contribution in [0.5, 0.6) is 5.75 Å². The molecule has 1 heterocycles. The summed E-state index contributed by atoms with van der Waals surface area (Å²) in [5, 5.41) is 11.3. The van der Waals surface area contributed by atoms with E-state index >= 15 is 0 Å². The van der Waals surface area contributed by atoms with Crippen molar-refractivity contribution in [3.63, 3.8) is 0 Å². The molecule has 7 nitrogen and oxygen atoms in total. The minimum Gasteiger partial charge on any atom is -0.485 e.